The number of carbonyl (C=O) groups excluding carboxylic acids is 2. The molecule has 0 fully saturated rings. The fraction of sp³-hybridized carbons (Fsp3) is 0.294. The van der Waals surface area contributed by atoms with Gasteiger partial charge in [0.05, 0.1) is 0 Å². The first-order valence-electron chi connectivity index (χ1n) is 6.89. The third-order valence-electron chi connectivity index (χ3n) is 3.09. The van der Waals surface area contributed by atoms with Gasteiger partial charge in [-0.1, -0.05) is 57.3 Å². The standard InChI is InChI=1S/C17H20O6/c1-12(2)15(18)20-22-23-21-16(19)13(3)11-17(4,5)14-9-7-6-8-10-14/h6-10H,1,3,11H2,2,4-5H3. The Hall–Kier alpha value is -2.44. The predicted octanol–water partition coefficient (Wildman–Crippen LogP) is 3.35. The summed E-state index contributed by atoms with van der Waals surface area (Å²) in [5.74, 6) is -1.66. The molecule has 0 heterocycles. The van der Waals surface area contributed by atoms with Crippen molar-refractivity contribution in [3.8, 4) is 0 Å². The van der Waals surface area contributed by atoms with Crippen LogP contribution in [0.25, 0.3) is 0 Å². The molecule has 6 heteroatoms. The second kappa shape index (κ2) is 8.26. The quantitative estimate of drug-likeness (QED) is 0.316. The van der Waals surface area contributed by atoms with Crippen molar-refractivity contribution < 1.29 is 29.4 Å². The molecule has 1 aromatic carbocycles. The van der Waals surface area contributed by atoms with E-state index in [-0.39, 0.29) is 16.6 Å². The molecule has 23 heavy (non-hydrogen) atoms. The Labute approximate surface area is 135 Å². The van der Waals surface area contributed by atoms with Gasteiger partial charge in [-0.3, -0.25) is 9.78 Å². The van der Waals surface area contributed by atoms with Gasteiger partial charge in [0.1, 0.15) is 0 Å². The van der Waals surface area contributed by atoms with Crippen LogP contribution in [0.1, 0.15) is 32.8 Å². The summed E-state index contributed by atoms with van der Waals surface area (Å²) in [6.07, 6.45) is 0.352. The lowest BCUT2D eigenvalue weighted by atomic mass is 9.79. The molecule has 124 valence electrons. The lowest BCUT2D eigenvalue weighted by Crippen LogP contribution is -2.21. The van der Waals surface area contributed by atoms with E-state index in [1.54, 1.807) is 0 Å². The molecule has 0 aliphatic rings. The minimum Gasteiger partial charge on any atom is -0.261 e. The van der Waals surface area contributed by atoms with Crippen molar-refractivity contribution in [2.45, 2.75) is 32.6 Å². The summed E-state index contributed by atoms with van der Waals surface area (Å²) in [7, 11) is 0. The molecule has 6 nitrogen and oxygen atoms in total. The average Bonchev–Trinajstić information content (AvgIpc) is 2.51. The Morgan fingerprint density at radius 2 is 1.52 bits per heavy atom. The van der Waals surface area contributed by atoms with E-state index in [2.05, 4.69) is 33.0 Å². The molecule has 0 amide bonds. The molecule has 0 aliphatic carbocycles. The largest absolute Gasteiger partial charge is 0.371 e. The molecule has 0 aromatic heterocycles. The Kier molecular flexibility index (Phi) is 6.68. The topological polar surface area (TPSA) is 71.1 Å². The van der Waals surface area contributed by atoms with Crippen LogP contribution < -0.4 is 0 Å². The summed E-state index contributed by atoms with van der Waals surface area (Å²) < 4.78 is 0. The zero-order valence-electron chi connectivity index (χ0n) is 13.5. The van der Waals surface area contributed by atoms with E-state index in [0.29, 0.717) is 6.42 Å². The Morgan fingerprint density at radius 3 is 2.04 bits per heavy atom. The van der Waals surface area contributed by atoms with Gasteiger partial charge in [0.15, 0.2) is 0 Å². The summed E-state index contributed by atoms with van der Waals surface area (Å²) in [6.45, 7) is 12.4. The van der Waals surface area contributed by atoms with Gasteiger partial charge in [-0.15, -0.1) is 0 Å². The lowest BCUT2D eigenvalue weighted by Gasteiger charge is -2.25. The first-order chi connectivity index (χ1) is 10.7. The first-order valence-corrected chi connectivity index (χ1v) is 6.89. The van der Waals surface area contributed by atoms with Crippen LogP contribution in [0.4, 0.5) is 0 Å². The second-order valence-corrected chi connectivity index (χ2v) is 5.69. The number of carbonyl (C=O) groups is 2. The highest BCUT2D eigenvalue weighted by Gasteiger charge is 2.25. The molecule has 0 saturated carbocycles. The van der Waals surface area contributed by atoms with E-state index in [9.17, 15) is 9.59 Å². The van der Waals surface area contributed by atoms with Crippen molar-refractivity contribution in [2.24, 2.45) is 0 Å². The summed E-state index contributed by atoms with van der Waals surface area (Å²) in [5.41, 5.74) is 1.04. The second-order valence-electron chi connectivity index (χ2n) is 5.69. The minimum absolute atomic E-state index is 0.106. The molecule has 0 saturated heterocycles. The number of hydrogen-bond donors (Lipinski definition) is 0. The van der Waals surface area contributed by atoms with Crippen molar-refractivity contribution in [1.29, 1.82) is 0 Å². The van der Waals surface area contributed by atoms with Gasteiger partial charge in [-0.25, -0.2) is 9.59 Å². The summed E-state index contributed by atoms with van der Waals surface area (Å²) in [5, 5.41) is 8.06. The smallest absolute Gasteiger partial charge is 0.261 e. The van der Waals surface area contributed by atoms with Crippen molar-refractivity contribution in [1.82, 2.24) is 0 Å². The zero-order valence-corrected chi connectivity index (χ0v) is 13.5. The Morgan fingerprint density at radius 1 is 1.00 bits per heavy atom. The van der Waals surface area contributed by atoms with Crippen LogP contribution in [0.2, 0.25) is 0 Å². The van der Waals surface area contributed by atoms with Crippen molar-refractivity contribution in [2.75, 3.05) is 0 Å². The van der Waals surface area contributed by atoms with E-state index in [4.69, 9.17) is 0 Å². The van der Waals surface area contributed by atoms with Crippen LogP contribution in [-0.2, 0) is 34.9 Å². The van der Waals surface area contributed by atoms with Crippen LogP contribution >= 0.6 is 0 Å². The van der Waals surface area contributed by atoms with Gasteiger partial charge in [-0.2, -0.15) is 0 Å². The number of rotatable bonds is 8. The predicted molar refractivity (Wildman–Crippen MR) is 82.4 cm³/mol. The molecule has 1 rings (SSSR count). The molecule has 0 atom stereocenters. The van der Waals surface area contributed by atoms with E-state index in [1.807, 2.05) is 44.2 Å². The third-order valence-corrected chi connectivity index (χ3v) is 3.09. The zero-order chi connectivity index (χ0) is 17.5. The fourth-order valence-corrected chi connectivity index (χ4v) is 1.82. The van der Waals surface area contributed by atoms with E-state index in [1.165, 1.54) is 6.92 Å². The summed E-state index contributed by atoms with van der Waals surface area (Å²) >= 11 is 0. The van der Waals surface area contributed by atoms with Crippen molar-refractivity contribution in [3.63, 3.8) is 0 Å². The van der Waals surface area contributed by atoms with Gasteiger partial charge >= 0.3 is 11.9 Å². The SMILES string of the molecule is C=C(C)C(=O)OOOOC(=O)C(=C)CC(C)(C)c1ccccc1. The molecule has 0 unspecified atom stereocenters. The first kappa shape index (κ1) is 18.6. The molecular formula is C17H20O6. The fourth-order valence-electron chi connectivity index (χ4n) is 1.82. The molecular weight excluding hydrogens is 300 g/mol. The van der Waals surface area contributed by atoms with E-state index >= 15 is 0 Å². The number of hydrogen-bond acceptors (Lipinski definition) is 6. The van der Waals surface area contributed by atoms with Crippen LogP contribution in [0.5, 0.6) is 0 Å². The van der Waals surface area contributed by atoms with Gasteiger partial charge in [0.25, 0.3) is 0 Å². The monoisotopic (exact) mass is 320 g/mol. The van der Waals surface area contributed by atoms with Crippen LogP contribution in [-0.4, -0.2) is 11.9 Å². The Bertz CT molecular complexity index is 588. The average molecular weight is 320 g/mol. The highest BCUT2D eigenvalue weighted by Crippen LogP contribution is 2.30. The van der Waals surface area contributed by atoms with Crippen LogP contribution in [0.15, 0.2) is 54.6 Å². The van der Waals surface area contributed by atoms with Crippen molar-refractivity contribution in [3.05, 3.63) is 60.2 Å². The van der Waals surface area contributed by atoms with Crippen molar-refractivity contribution >= 4 is 11.9 Å². The molecule has 0 N–H and O–H groups in total. The van der Waals surface area contributed by atoms with Crippen LogP contribution in [0.3, 0.4) is 0 Å². The molecule has 0 bridgehead atoms. The summed E-state index contributed by atoms with van der Waals surface area (Å²) in [6, 6.07) is 9.70. The molecule has 0 radical (unpaired) electrons. The Balaban J connectivity index is 2.44. The minimum atomic E-state index is -0.843. The highest BCUT2D eigenvalue weighted by atomic mass is 17.7. The van der Waals surface area contributed by atoms with Gasteiger partial charge < -0.3 is 0 Å². The van der Waals surface area contributed by atoms with E-state index in [0.717, 1.165) is 5.56 Å². The summed E-state index contributed by atoms with van der Waals surface area (Å²) in [4.78, 5) is 31.2. The maximum absolute atomic E-state index is 11.7. The maximum Gasteiger partial charge on any atom is 0.371 e. The molecule has 0 spiro atoms. The van der Waals surface area contributed by atoms with Gasteiger partial charge in [0.2, 0.25) is 0 Å². The highest BCUT2D eigenvalue weighted by molar-refractivity contribution is 5.87. The lowest BCUT2D eigenvalue weighted by molar-refractivity contribution is -0.598. The molecule has 1 aromatic rings. The number of benzene rings is 1. The van der Waals surface area contributed by atoms with Gasteiger partial charge in [-0.05, 0) is 24.3 Å². The van der Waals surface area contributed by atoms with Crippen LogP contribution in [0, 0.1) is 0 Å². The molecule has 0 aliphatic heterocycles. The third kappa shape index (κ3) is 6.06. The normalized spacial score (nSPS) is 10.7. The van der Waals surface area contributed by atoms with E-state index < -0.39 is 11.9 Å². The van der Waals surface area contributed by atoms with Gasteiger partial charge in [0, 0.05) is 21.2 Å². The maximum atomic E-state index is 11.7.